The highest BCUT2D eigenvalue weighted by molar-refractivity contribution is 5.92. The molecule has 0 bridgehead atoms. The number of hydrogen-bond donors (Lipinski definition) is 2. The molecule has 0 fully saturated rings. The van der Waals surface area contributed by atoms with Gasteiger partial charge < -0.3 is 20.2 Å². The summed E-state index contributed by atoms with van der Waals surface area (Å²) < 4.78 is 10.6. The molecule has 6 heteroatoms. The lowest BCUT2D eigenvalue weighted by atomic mass is 9.93. The Kier molecular flexibility index (Phi) is 14.9. The number of ether oxygens (including phenoxy) is 2. The third kappa shape index (κ3) is 11.5. The molecule has 1 unspecified atom stereocenters. The second-order valence-electron chi connectivity index (χ2n) is 9.79. The predicted octanol–water partition coefficient (Wildman–Crippen LogP) is 7.41. The summed E-state index contributed by atoms with van der Waals surface area (Å²) in [6.45, 7) is 4.24. The normalized spacial score (nSPS) is 13.6. The molecular formula is C32H46N2O4. The van der Waals surface area contributed by atoms with E-state index >= 15 is 0 Å². The number of para-hydroxylation sites is 1. The lowest BCUT2D eigenvalue weighted by molar-refractivity contribution is -0.150. The Balaban J connectivity index is 1.48. The highest BCUT2D eigenvalue weighted by Gasteiger charge is 2.34. The number of unbranched alkanes of at least 4 members (excludes halogenated alkanes) is 5. The average molecular weight is 523 g/mol. The first kappa shape index (κ1) is 31.1. The van der Waals surface area contributed by atoms with Gasteiger partial charge in [-0.3, -0.25) is 4.79 Å². The minimum atomic E-state index is -1.27. The molecule has 0 aliphatic rings. The van der Waals surface area contributed by atoms with Gasteiger partial charge in [0.15, 0.2) is 0 Å². The number of carbonyl (C=O) groups excluding carboxylic acids is 2. The van der Waals surface area contributed by atoms with Crippen molar-refractivity contribution in [1.29, 1.82) is 0 Å². The van der Waals surface area contributed by atoms with Crippen LogP contribution in [-0.2, 0) is 24.6 Å². The molecule has 208 valence electrons. The van der Waals surface area contributed by atoms with E-state index in [0.29, 0.717) is 18.4 Å². The van der Waals surface area contributed by atoms with E-state index in [1.807, 2.05) is 24.3 Å². The highest BCUT2D eigenvalue weighted by Crippen LogP contribution is 2.27. The zero-order chi connectivity index (χ0) is 27.5. The van der Waals surface area contributed by atoms with E-state index in [-0.39, 0.29) is 19.2 Å². The third-order valence-electron chi connectivity index (χ3n) is 6.38. The fourth-order valence-corrected chi connectivity index (χ4v) is 4.06. The molecule has 38 heavy (non-hydrogen) atoms. The smallest absolute Gasteiger partial charge is 0.330 e. The summed E-state index contributed by atoms with van der Waals surface area (Å²) in [6.07, 6.45) is 25.6. The van der Waals surface area contributed by atoms with Crippen molar-refractivity contribution in [3.63, 3.8) is 0 Å². The number of fused-ring (bicyclic) bond motifs is 1. The number of carbonyl (C=O) groups is 2. The Labute approximate surface area is 228 Å². The van der Waals surface area contributed by atoms with E-state index < -0.39 is 11.5 Å². The van der Waals surface area contributed by atoms with Crippen LogP contribution in [0, 0.1) is 0 Å². The van der Waals surface area contributed by atoms with Gasteiger partial charge in [-0.2, -0.15) is 0 Å². The Hall–Kier alpha value is -3.12. The molecule has 0 saturated heterocycles. The van der Waals surface area contributed by atoms with Crippen molar-refractivity contribution in [2.24, 2.45) is 5.73 Å². The van der Waals surface area contributed by atoms with E-state index in [1.54, 1.807) is 13.1 Å². The number of aromatic amines is 1. The summed E-state index contributed by atoms with van der Waals surface area (Å²) in [6, 6.07) is 7.67. The van der Waals surface area contributed by atoms with Gasteiger partial charge in [0.2, 0.25) is 0 Å². The van der Waals surface area contributed by atoms with Crippen LogP contribution in [0.1, 0.15) is 90.0 Å². The molecule has 0 spiro atoms. The summed E-state index contributed by atoms with van der Waals surface area (Å²) in [7, 11) is 0. The van der Waals surface area contributed by atoms with Gasteiger partial charge in [0, 0.05) is 35.5 Å². The number of nitrogens with two attached hydrogens (primary N) is 1. The molecule has 2 rings (SSSR count). The maximum absolute atomic E-state index is 12.6. The largest absolute Gasteiger partial charge is 0.466 e. The summed E-state index contributed by atoms with van der Waals surface area (Å²) in [5.74, 6) is -0.722. The molecule has 0 aliphatic heterocycles. The minimum absolute atomic E-state index is 0.149. The first-order valence-corrected chi connectivity index (χ1v) is 14.1. The number of aromatic nitrogens is 1. The van der Waals surface area contributed by atoms with E-state index in [0.717, 1.165) is 43.0 Å². The zero-order valence-electron chi connectivity index (χ0n) is 23.3. The number of benzene rings is 1. The molecule has 2 aromatic rings. The lowest BCUT2D eigenvalue weighted by Gasteiger charge is -2.22. The molecule has 0 amide bonds. The van der Waals surface area contributed by atoms with Crippen LogP contribution in [0.4, 0.5) is 0 Å². The molecule has 0 aliphatic carbocycles. The van der Waals surface area contributed by atoms with Gasteiger partial charge in [-0.15, -0.1) is 0 Å². The van der Waals surface area contributed by atoms with E-state index in [4.69, 9.17) is 15.2 Å². The average Bonchev–Trinajstić information content (AvgIpc) is 3.35. The molecular weight excluding hydrogens is 476 g/mol. The van der Waals surface area contributed by atoms with Gasteiger partial charge >= 0.3 is 11.9 Å². The van der Waals surface area contributed by atoms with Crippen LogP contribution in [0.25, 0.3) is 10.9 Å². The molecule has 1 heterocycles. The Bertz CT molecular complexity index is 1050. The van der Waals surface area contributed by atoms with Crippen molar-refractivity contribution in [2.45, 2.75) is 90.0 Å². The predicted molar refractivity (Wildman–Crippen MR) is 156 cm³/mol. The first-order chi connectivity index (χ1) is 18.5. The van der Waals surface area contributed by atoms with Gasteiger partial charge in [-0.1, -0.05) is 74.4 Å². The van der Waals surface area contributed by atoms with Crippen molar-refractivity contribution in [1.82, 2.24) is 4.98 Å². The van der Waals surface area contributed by atoms with Crippen LogP contribution in [0.3, 0.4) is 0 Å². The molecule has 3 N–H and O–H groups in total. The standard InChI is InChI=1S/C32H46N2O4/c1-3-4-5-6-7-8-9-10-11-12-13-14-15-16-17-23-30(35)37-24-20-25-38-31(36)32(2,33)28-26-34-29-22-19-18-21-27(28)29/h7-8,10-11,13-14,18-19,21-22,26,34H,3-6,9,12,15-17,20,23-25,33H2,1-2H3. The molecule has 1 atom stereocenters. The summed E-state index contributed by atoms with van der Waals surface area (Å²) >= 11 is 0. The van der Waals surface area contributed by atoms with Crippen LogP contribution in [0.5, 0.6) is 0 Å². The quantitative estimate of drug-likeness (QED) is 0.114. The third-order valence-corrected chi connectivity index (χ3v) is 6.38. The molecule has 1 aromatic heterocycles. The Morgan fingerprint density at radius 3 is 2.21 bits per heavy atom. The second-order valence-corrected chi connectivity index (χ2v) is 9.79. The monoisotopic (exact) mass is 522 g/mol. The maximum atomic E-state index is 12.6. The maximum Gasteiger partial charge on any atom is 0.330 e. The number of allylic oxidation sites excluding steroid dienone is 6. The van der Waals surface area contributed by atoms with Crippen LogP contribution < -0.4 is 5.73 Å². The summed E-state index contributed by atoms with van der Waals surface area (Å²) in [4.78, 5) is 27.7. The number of nitrogens with one attached hydrogen (secondary N) is 1. The van der Waals surface area contributed by atoms with Crippen LogP contribution >= 0.6 is 0 Å². The number of H-pyrrole nitrogens is 1. The second kappa shape index (κ2) is 18.2. The molecule has 1 aromatic carbocycles. The van der Waals surface area contributed by atoms with Gasteiger partial charge in [0.05, 0.1) is 13.2 Å². The van der Waals surface area contributed by atoms with E-state index in [9.17, 15) is 9.59 Å². The Morgan fingerprint density at radius 2 is 1.50 bits per heavy atom. The first-order valence-electron chi connectivity index (χ1n) is 14.1. The number of rotatable bonds is 19. The fourth-order valence-electron chi connectivity index (χ4n) is 4.06. The van der Waals surface area contributed by atoms with Gasteiger partial charge in [0.25, 0.3) is 0 Å². The van der Waals surface area contributed by atoms with E-state index in [2.05, 4.69) is 48.4 Å². The Morgan fingerprint density at radius 1 is 0.868 bits per heavy atom. The SMILES string of the molecule is CCCCCC=CCC=CCC=CCCCCC(=O)OCCCOC(=O)C(C)(N)c1c[nH]c2ccccc12. The van der Waals surface area contributed by atoms with E-state index in [1.165, 1.54) is 25.7 Å². The van der Waals surface area contributed by atoms with Crippen LogP contribution in [0.15, 0.2) is 66.9 Å². The van der Waals surface area contributed by atoms with Crippen molar-refractivity contribution >= 4 is 22.8 Å². The lowest BCUT2D eigenvalue weighted by Crippen LogP contribution is -2.43. The molecule has 6 nitrogen and oxygen atoms in total. The van der Waals surface area contributed by atoms with Crippen molar-refractivity contribution < 1.29 is 19.1 Å². The van der Waals surface area contributed by atoms with Crippen molar-refractivity contribution in [3.05, 3.63) is 72.5 Å². The molecule has 0 radical (unpaired) electrons. The van der Waals surface area contributed by atoms with Gasteiger partial charge in [0.1, 0.15) is 5.54 Å². The number of hydrogen-bond acceptors (Lipinski definition) is 5. The van der Waals surface area contributed by atoms with Crippen LogP contribution in [0.2, 0.25) is 0 Å². The van der Waals surface area contributed by atoms with Crippen molar-refractivity contribution in [2.75, 3.05) is 13.2 Å². The summed E-state index contributed by atoms with van der Waals surface area (Å²) in [5.41, 5.74) is 6.65. The highest BCUT2D eigenvalue weighted by atomic mass is 16.5. The number of esters is 2. The molecule has 0 saturated carbocycles. The zero-order valence-corrected chi connectivity index (χ0v) is 23.3. The topological polar surface area (TPSA) is 94.4 Å². The summed E-state index contributed by atoms with van der Waals surface area (Å²) in [5, 5.41) is 0.896. The fraction of sp³-hybridized carbons (Fsp3) is 0.500. The van der Waals surface area contributed by atoms with Crippen molar-refractivity contribution in [3.8, 4) is 0 Å². The van der Waals surface area contributed by atoms with Gasteiger partial charge in [-0.05, 0) is 57.9 Å². The van der Waals surface area contributed by atoms with Crippen LogP contribution in [-0.4, -0.2) is 30.1 Å². The van der Waals surface area contributed by atoms with Gasteiger partial charge in [-0.25, -0.2) is 4.79 Å². The minimum Gasteiger partial charge on any atom is -0.466 e.